The van der Waals surface area contributed by atoms with Gasteiger partial charge in [0.25, 0.3) is 0 Å². The summed E-state index contributed by atoms with van der Waals surface area (Å²) in [6, 6.07) is 4.95. The zero-order chi connectivity index (χ0) is 19.6. The van der Waals surface area contributed by atoms with E-state index < -0.39 is 5.41 Å². The number of rotatable bonds is 5. The Morgan fingerprint density at radius 2 is 1.92 bits per heavy atom. The van der Waals surface area contributed by atoms with Crippen LogP contribution in [0.25, 0.3) is 0 Å². The highest BCUT2D eigenvalue weighted by Gasteiger charge is 2.30. The van der Waals surface area contributed by atoms with Gasteiger partial charge in [0.05, 0.1) is 24.2 Å². The molecule has 0 bridgehead atoms. The van der Waals surface area contributed by atoms with Crippen LogP contribution in [0.2, 0.25) is 5.02 Å². The number of ketones is 2. The van der Waals surface area contributed by atoms with Crippen molar-refractivity contribution >= 4 is 34.9 Å². The first-order valence-corrected chi connectivity index (χ1v) is 9.49. The van der Waals surface area contributed by atoms with Crippen molar-refractivity contribution in [2.75, 3.05) is 13.7 Å². The third-order valence-electron chi connectivity index (χ3n) is 4.26. The van der Waals surface area contributed by atoms with Crippen LogP contribution in [0.5, 0.6) is 5.75 Å². The van der Waals surface area contributed by atoms with Gasteiger partial charge in [-0.3, -0.25) is 9.59 Å². The van der Waals surface area contributed by atoms with E-state index in [1.54, 1.807) is 24.3 Å². The number of allylic oxidation sites excluding steroid dienone is 3. The standard InChI is InChI=1S/C20H24ClNO3S/c1-12-13(2)26-19(22(12)11-18(24)20(3,4)5)10-16(23)15-9-14(21)7-8-17(15)25-6/h7-10H,11H2,1-6H3/b19-10-. The topological polar surface area (TPSA) is 46.6 Å². The molecule has 0 fully saturated rings. The fourth-order valence-corrected chi connectivity index (χ4v) is 3.61. The van der Waals surface area contributed by atoms with Gasteiger partial charge < -0.3 is 9.64 Å². The Morgan fingerprint density at radius 1 is 1.27 bits per heavy atom. The van der Waals surface area contributed by atoms with Gasteiger partial charge >= 0.3 is 0 Å². The summed E-state index contributed by atoms with van der Waals surface area (Å²) in [6.07, 6.45) is 1.55. The number of nitrogens with zero attached hydrogens (tertiary/aromatic N) is 1. The van der Waals surface area contributed by atoms with Crippen molar-refractivity contribution < 1.29 is 14.3 Å². The van der Waals surface area contributed by atoms with Crippen LogP contribution < -0.4 is 4.74 Å². The molecule has 1 aromatic carbocycles. The monoisotopic (exact) mass is 393 g/mol. The van der Waals surface area contributed by atoms with Gasteiger partial charge in [-0.2, -0.15) is 0 Å². The maximum atomic E-state index is 12.8. The summed E-state index contributed by atoms with van der Waals surface area (Å²) in [5, 5.41) is 1.21. The predicted molar refractivity (Wildman–Crippen MR) is 108 cm³/mol. The first-order valence-electron chi connectivity index (χ1n) is 8.30. The zero-order valence-corrected chi connectivity index (χ0v) is 17.5. The van der Waals surface area contributed by atoms with Gasteiger partial charge in [0.2, 0.25) is 0 Å². The molecule has 0 saturated carbocycles. The average molecular weight is 394 g/mol. The van der Waals surface area contributed by atoms with E-state index in [4.69, 9.17) is 16.3 Å². The Hall–Kier alpha value is -1.72. The lowest BCUT2D eigenvalue weighted by Crippen LogP contribution is -2.32. The number of ether oxygens (including phenoxy) is 1. The number of Topliss-reactive ketones (excluding diaryl/α,β-unsaturated/α-hetero) is 1. The van der Waals surface area contributed by atoms with Gasteiger partial charge in [0.15, 0.2) is 11.6 Å². The van der Waals surface area contributed by atoms with Crippen molar-refractivity contribution in [1.29, 1.82) is 0 Å². The number of benzene rings is 1. The van der Waals surface area contributed by atoms with E-state index in [2.05, 4.69) is 0 Å². The summed E-state index contributed by atoms with van der Waals surface area (Å²) in [5.41, 5.74) is 0.953. The summed E-state index contributed by atoms with van der Waals surface area (Å²) in [6.45, 7) is 9.89. The normalized spacial score (nSPS) is 16.4. The molecule has 0 aliphatic carbocycles. The summed E-state index contributed by atoms with van der Waals surface area (Å²) in [4.78, 5) is 28.3. The minimum absolute atomic E-state index is 0.117. The van der Waals surface area contributed by atoms with E-state index >= 15 is 0 Å². The third-order valence-corrected chi connectivity index (χ3v) is 5.64. The highest BCUT2D eigenvalue weighted by Crippen LogP contribution is 2.41. The largest absolute Gasteiger partial charge is 0.496 e. The van der Waals surface area contributed by atoms with Gasteiger partial charge in [0, 0.05) is 27.1 Å². The Morgan fingerprint density at radius 3 is 2.50 bits per heavy atom. The molecule has 0 saturated heterocycles. The lowest BCUT2D eigenvalue weighted by atomic mass is 9.90. The number of hydrogen-bond acceptors (Lipinski definition) is 5. The molecular weight excluding hydrogens is 370 g/mol. The van der Waals surface area contributed by atoms with Gasteiger partial charge in [0.1, 0.15) is 5.75 Å². The van der Waals surface area contributed by atoms with E-state index in [1.165, 1.54) is 18.9 Å². The smallest absolute Gasteiger partial charge is 0.192 e. The minimum atomic E-state index is -0.438. The Labute approximate surface area is 164 Å². The van der Waals surface area contributed by atoms with Crippen molar-refractivity contribution in [1.82, 2.24) is 4.90 Å². The maximum absolute atomic E-state index is 12.8. The van der Waals surface area contributed by atoms with Crippen LogP contribution in [0.4, 0.5) is 0 Å². The van der Waals surface area contributed by atoms with Crippen molar-refractivity contribution in [3.63, 3.8) is 0 Å². The molecule has 6 heteroatoms. The molecule has 26 heavy (non-hydrogen) atoms. The van der Waals surface area contributed by atoms with E-state index in [0.29, 0.717) is 16.3 Å². The first kappa shape index (κ1) is 20.6. The molecule has 2 rings (SSSR count). The van der Waals surface area contributed by atoms with Crippen LogP contribution in [-0.4, -0.2) is 30.1 Å². The molecule has 0 radical (unpaired) electrons. The lowest BCUT2D eigenvalue weighted by molar-refractivity contribution is -0.126. The van der Waals surface area contributed by atoms with Gasteiger partial charge in [-0.15, -0.1) is 0 Å². The summed E-state index contributed by atoms with van der Waals surface area (Å²) < 4.78 is 5.27. The minimum Gasteiger partial charge on any atom is -0.496 e. The van der Waals surface area contributed by atoms with Crippen LogP contribution in [0.15, 0.2) is 39.9 Å². The third kappa shape index (κ3) is 4.51. The number of carbonyl (C=O) groups is 2. The molecule has 1 aliphatic heterocycles. The second-order valence-corrected chi connectivity index (χ2v) is 8.87. The van der Waals surface area contributed by atoms with Crippen molar-refractivity contribution in [2.24, 2.45) is 5.41 Å². The fourth-order valence-electron chi connectivity index (χ4n) is 2.39. The van der Waals surface area contributed by atoms with Crippen molar-refractivity contribution in [3.8, 4) is 5.75 Å². The number of carbonyl (C=O) groups excluding carboxylic acids is 2. The molecule has 1 heterocycles. The Balaban J connectivity index is 2.35. The van der Waals surface area contributed by atoms with Crippen LogP contribution in [0.1, 0.15) is 45.0 Å². The van der Waals surface area contributed by atoms with Crippen LogP contribution in [0, 0.1) is 5.41 Å². The lowest BCUT2D eigenvalue weighted by Gasteiger charge is -2.25. The summed E-state index contributed by atoms with van der Waals surface area (Å²) in [5.74, 6) is 0.381. The molecule has 0 atom stereocenters. The zero-order valence-electron chi connectivity index (χ0n) is 16.0. The van der Waals surface area contributed by atoms with Crippen molar-refractivity contribution in [3.05, 3.63) is 50.5 Å². The molecule has 0 unspecified atom stereocenters. The number of methoxy groups -OCH3 is 1. The van der Waals surface area contributed by atoms with Gasteiger partial charge in [-0.1, -0.05) is 44.1 Å². The second-order valence-electron chi connectivity index (χ2n) is 7.19. The molecule has 0 aromatic heterocycles. The van der Waals surface area contributed by atoms with Crippen LogP contribution in [0.3, 0.4) is 0 Å². The molecule has 1 aliphatic rings. The molecule has 4 nitrogen and oxygen atoms in total. The van der Waals surface area contributed by atoms with E-state index in [0.717, 1.165) is 15.6 Å². The molecule has 0 N–H and O–H groups in total. The second kappa shape index (κ2) is 7.89. The van der Waals surface area contributed by atoms with Gasteiger partial charge in [-0.25, -0.2) is 0 Å². The summed E-state index contributed by atoms with van der Waals surface area (Å²) in [7, 11) is 1.52. The highest BCUT2D eigenvalue weighted by atomic mass is 35.5. The number of thioether (sulfide) groups is 1. The maximum Gasteiger partial charge on any atom is 0.192 e. The number of halogens is 1. The molecule has 0 spiro atoms. The van der Waals surface area contributed by atoms with Gasteiger partial charge in [-0.05, 0) is 32.0 Å². The molecular formula is C20H24ClNO3S. The molecule has 1 aromatic rings. The molecule has 0 amide bonds. The first-order chi connectivity index (χ1) is 12.0. The Bertz CT molecular complexity index is 806. The molecule has 140 valence electrons. The highest BCUT2D eigenvalue weighted by molar-refractivity contribution is 8.06. The predicted octanol–water partition coefficient (Wildman–Crippen LogP) is 5.29. The fraction of sp³-hybridized carbons (Fsp3) is 0.400. The average Bonchev–Trinajstić information content (AvgIpc) is 2.81. The van der Waals surface area contributed by atoms with E-state index in [9.17, 15) is 9.59 Å². The number of hydrogen-bond donors (Lipinski definition) is 0. The summed E-state index contributed by atoms with van der Waals surface area (Å²) >= 11 is 7.53. The Kier molecular flexibility index (Phi) is 6.25. The van der Waals surface area contributed by atoms with Crippen LogP contribution >= 0.6 is 23.4 Å². The van der Waals surface area contributed by atoms with Crippen molar-refractivity contribution in [2.45, 2.75) is 34.6 Å². The van der Waals surface area contributed by atoms with E-state index in [1.807, 2.05) is 39.5 Å². The van der Waals surface area contributed by atoms with Crippen LogP contribution in [-0.2, 0) is 4.79 Å². The van der Waals surface area contributed by atoms with E-state index in [-0.39, 0.29) is 18.1 Å². The quantitative estimate of drug-likeness (QED) is 0.502. The SMILES string of the molecule is COc1ccc(Cl)cc1C(=O)/C=C1\SC(C)=C(C)N1CC(=O)C(C)(C)C.